The van der Waals surface area contributed by atoms with Gasteiger partial charge < -0.3 is 20.1 Å². The van der Waals surface area contributed by atoms with Gasteiger partial charge in [0, 0.05) is 43.5 Å². The van der Waals surface area contributed by atoms with E-state index < -0.39 is 5.82 Å². The largest absolute Gasteiger partial charge is 0.354 e. The van der Waals surface area contributed by atoms with Crippen LogP contribution in [-0.2, 0) is 11.8 Å². The summed E-state index contributed by atoms with van der Waals surface area (Å²) in [6.07, 6.45) is 1.73. The van der Waals surface area contributed by atoms with Crippen LogP contribution in [0.2, 0.25) is 0 Å². The third-order valence-corrected chi connectivity index (χ3v) is 5.80. The van der Waals surface area contributed by atoms with E-state index in [1.165, 1.54) is 17.0 Å². The van der Waals surface area contributed by atoms with E-state index in [0.717, 1.165) is 16.6 Å². The normalized spacial score (nSPS) is 14.1. The highest BCUT2D eigenvalue weighted by atomic mass is 19.1. The summed E-state index contributed by atoms with van der Waals surface area (Å²) >= 11 is 0. The standard InChI is InChI=1S/C26H22FN5O2/c1-31(2)26(34)15-4-8-18(9-5-15)29-24(16-6-11-22-21(12-16)28-14-32(22)3)23-19-10-7-17(27)13-20(19)30-25(23)33/h4-14,29H,1-3H3,(H,30,33). The molecular formula is C26H22FN5O2. The number of aryl methyl sites for hydroxylation is 1. The minimum atomic E-state index is -0.425. The highest BCUT2D eigenvalue weighted by Crippen LogP contribution is 2.38. The summed E-state index contributed by atoms with van der Waals surface area (Å²) in [5, 5.41) is 6.11. The number of hydrogen-bond acceptors (Lipinski definition) is 4. The number of aromatic nitrogens is 2. The number of fused-ring (bicyclic) bond motifs is 2. The molecule has 1 aliphatic heterocycles. The quantitative estimate of drug-likeness (QED) is 0.449. The molecule has 1 aromatic heterocycles. The lowest BCUT2D eigenvalue weighted by Crippen LogP contribution is -2.21. The molecule has 0 aliphatic carbocycles. The number of nitrogens with zero attached hydrogens (tertiary/aromatic N) is 3. The Morgan fingerprint density at radius 3 is 2.50 bits per heavy atom. The predicted molar refractivity (Wildman–Crippen MR) is 131 cm³/mol. The van der Waals surface area contributed by atoms with Crippen LogP contribution in [0.4, 0.5) is 15.8 Å². The van der Waals surface area contributed by atoms with Crippen LogP contribution < -0.4 is 10.6 Å². The Kier molecular flexibility index (Phi) is 5.13. The van der Waals surface area contributed by atoms with Crippen LogP contribution in [0, 0.1) is 5.82 Å². The second-order valence-corrected chi connectivity index (χ2v) is 8.35. The molecule has 8 heteroatoms. The molecule has 170 valence electrons. The topological polar surface area (TPSA) is 79.3 Å². The molecule has 0 atom stereocenters. The highest BCUT2D eigenvalue weighted by molar-refractivity contribution is 6.37. The molecule has 0 radical (unpaired) electrons. The van der Waals surface area contributed by atoms with Gasteiger partial charge in [-0.05, 0) is 54.6 Å². The van der Waals surface area contributed by atoms with Crippen LogP contribution in [0.15, 0.2) is 67.0 Å². The summed E-state index contributed by atoms with van der Waals surface area (Å²) in [4.78, 5) is 31.2. The van der Waals surface area contributed by atoms with Crippen molar-refractivity contribution < 1.29 is 14.0 Å². The molecule has 2 N–H and O–H groups in total. The number of nitrogens with one attached hydrogen (secondary N) is 2. The number of halogens is 1. The molecule has 0 unspecified atom stereocenters. The van der Waals surface area contributed by atoms with Crippen molar-refractivity contribution in [1.82, 2.24) is 14.5 Å². The maximum absolute atomic E-state index is 13.8. The van der Waals surface area contributed by atoms with Gasteiger partial charge in [0.15, 0.2) is 0 Å². The van der Waals surface area contributed by atoms with Gasteiger partial charge in [-0.3, -0.25) is 9.59 Å². The van der Waals surface area contributed by atoms with Gasteiger partial charge in [-0.2, -0.15) is 0 Å². The van der Waals surface area contributed by atoms with E-state index in [4.69, 9.17) is 0 Å². The van der Waals surface area contributed by atoms with Crippen molar-refractivity contribution in [3.05, 3.63) is 89.5 Å². The van der Waals surface area contributed by atoms with E-state index in [0.29, 0.717) is 33.8 Å². The first-order valence-corrected chi connectivity index (χ1v) is 10.7. The Balaban J connectivity index is 1.64. The Bertz CT molecular complexity index is 1490. The fourth-order valence-electron chi connectivity index (χ4n) is 4.06. The molecule has 0 bridgehead atoms. The number of rotatable bonds is 4. The second-order valence-electron chi connectivity index (χ2n) is 8.35. The van der Waals surface area contributed by atoms with Gasteiger partial charge >= 0.3 is 0 Å². The van der Waals surface area contributed by atoms with Crippen molar-refractivity contribution in [1.29, 1.82) is 0 Å². The van der Waals surface area contributed by atoms with E-state index in [1.807, 2.05) is 29.8 Å². The van der Waals surface area contributed by atoms with E-state index in [9.17, 15) is 14.0 Å². The Hall–Kier alpha value is -4.46. The maximum atomic E-state index is 13.8. The van der Waals surface area contributed by atoms with E-state index in [2.05, 4.69) is 15.6 Å². The van der Waals surface area contributed by atoms with Gasteiger partial charge in [0.2, 0.25) is 0 Å². The molecule has 2 heterocycles. The van der Waals surface area contributed by atoms with Crippen molar-refractivity contribution in [3.8, 4) is 0 Å². The summed E-state index contributed by atoms with van der Waals surface area (Å²) in [7, 11) is 5.31. The van der Waals surface area contributed by atoms with Crippen LogP contribution in [0.3, 0.4) is 0 Å². The summed E-state index contributed by atoms with van der Waals surface area (Å²) < 4.78 is 15.7. The molecule has 0 saturated carbocycles. The zero-order valence-corrected chi connectivity index (χ0v) is 18.9. The van der Waals surface area contributed by atoms with Gasteiger partial charge in [0.05, 0.1) is 34.3 Å². The molecule has 4 aromatic rings. The summed E-state index contributed by atoms with van der Waals surface area (Å²) in [6, 6.07) is 17.0. The molecule has 3 aromatic carbocycles. The molecule has 1 aliphatic rings. The lowest BCUT2D eigenvalue weighted by atomic mass is 9.99. The fraction of sp³-hybridized carbons (Fsp3) is 0.115. The zero-order valence-electron chi connectivity index (χ0n) is 18.9. The summed E-state index contributed by atoms with van der Waals surface area (Å²) in [5.41, 5.74) is 5.73. The average Bonchev–Trinajstić information content (AvgIpc) is 3.35. The number of imidazole rings is 1. The number of amides is 2. The first-order valence-electron chi connectivity index (χ1n) is 10.7. The molecule has 34 heavy (non-hydrogen) atoms. The Morgan fingerprint density at radius 1 is 1.03 bits per heavy atom. The smallest absolute Gasteiger partial charge is 0.258 e. The zero-order chi connectivity index (χ0) is 24.0. The Morgan fingerprint density at radius 2 is 1.76 bits per heavy atom. The van der Waals surface area contributed by atoms with Crippen LogP contribution in [0.1, 0.15) is 21.5 Å². The molecular weight excluding hydrogens is 433 g/mol. The molecule has 5 rings (SSSR count). The number of anilines is 2. The first-order chi connectivity index (χ1) is 16.3. The van der Waals surface area contributed by atoms with Crippen molar-refractivity contribution in [3.63, 3.8) is 0 Å². The van der Waals surface area contributed by atoms with E-state index >= 15 is 0 Å². The Labute approximate surface area is 195 Å². The second kappa shape index (κ2) is 8.15. The number of carbonyl (C=O) groups is 2. The minimum absolute atomic E-state index is 0.100. The van der Waals surface area contributed by atoms with Crippen LogP contribution in [0.25, 0.3) is 22.3 Å². The van der Waals surface area contributed by atoms with Gasteiger partial charge in [-0.15, -0.1) is 0 Å². The molecule has 2 amide bonds. The third-order valence-electron chi connectivity index (χ3n) is 5.80. The van der Waals surface area contributed by atoms with Gasteiger partial charge in [0.1, 0.15) is 5.82 Å². The number of carbonyl (C=O) groups excluding carboxylic acids is 2. The van der Waals surface area contributed by atoms with E-state index in [-0.39, 0.29) is 11.8 Å². The van der Waals surface area contributed by atoms with Gasteiger partial charge in [-0.1, -0.05) is 6.07 Å². The monoisotopic (exact) mass is 455 g/mol. The fourth-order valence-corrected chi connectivity index (χ4v) is 4.06. The van der Waals surface area contributed by atoms with Crippen molar-refractivity contribution >= 4 is 45.5 Å². The predicted octanol–water partition coefficient (Wildman–Crippen LogP) is 4.35. The molecule has 0 fully saturated rings. The van der Waals surface area contributed by atoms with Gasteiger partial charge in [0.25, 0.3) is 11.8 Å². The van der Waals surface area contributed by atoms with E-state index in [1.54, 1.807) is 50.8 Å². The maximum Gasteiger partial charge on any atom is 0.258 e. The van der Waals surface area contributed by atoms with Crippen molar-refractivity contribution in [2.45, 2.75) is 0 Å². The SMILES string of the molecule is CN(C)C(=O)c1ccc(NC(=C2C(=O)Nc3cc(F)ccc32)c2ccc3c(c2)ncn3C)cc1. The lowest BCUT2D eigenvalue weighted by molar-refractivity contribution is -0.110. The van der Waals surface area contributed by atoms with Gasteiger partial charge in [-0.25, -0.2) is 9.37 Å². The van der Waals surface area contributed by atoms with Crippen LogP contribution in [-0.4, -0.2) is 40.4 Å². The molecule has 0 saturated heterocycles. The van der Waals surface area contributed by atoms with Crippen LogP contribution in [0.5, 0.6) is 0 Å². The summed E-state index contributed by atoms with van der Waals surface area (Å²) in [5.74, 6) is -0.855. The average molecular weight is 455 g/mol. The third kappa shape index (κ3) is 3.69. The number of hydrogen-bond donors (Lipinski definition) is 2. The van der Waals surface area contributed by atoms with Crippen molar-refractivity contribution in [2.24, 2.45) is 7.05 Å². The molecule has 7 nitrogen and oxygen atoms in total. The van der Waals surface area contributed by atoms with Crippen molar-refractivity contribution in [2.75, 3.05) is 24.7 Å². The molecule has 0 spiro atoms. The number of benzene rings is 3. The highest BCUT2D eigenvalue weighted by Gasteiger charge is 2.29. The summed E-state index contributed by atoms with van der Waals surface area (Å²) in [6.45, 7) is 0. The first kappa shape index (κ1) is 21.4. The lowest BCUT2D eigenvalue weighted by Gasteiger charge is -2.16. The minimum Gasteiger partial charge on any atom is -0.354 e. The van der Waals surface area contributed by atoms with Crippen LogP contribution >= 0.6 is 0 Å².